The molecule has 0 atom stereocenters. The second-order valence-electron chi connectivity index (χ2n) is 9.25. The molecule has 3 nitrogen and oxygen atoms in total. The Morgan fingerprint density at radius 2 is 0.700 bits per heavy atom. The SMILES string of the molecule is CCCCCCCCCCCCCC(=O)CCCCCCCCCCCCC(=O)O. The van der Waals surface area contributed by atoms with Crippen LogP contribution in [0, 0.1) is 0 Å². The van der Waals surface area contributed by atoms with Crippen molar-refractivity contribution in [3.8, 4) is 0 Å². The second kappa shape index (κ2) is 24.4. The van der Waals surface area contributed by atoms with E-state index in [2.05, 4.69) is 6.92 Å². The van der Waals surface area contributed by atoms with Gasteiger partial charge < -0.3 is 5.11 Å². The number of rotatable bonds is 25. The maximum absolute atomic E-state index is 12.0. The summed E-state index contributed by atoms with van der Waals surface area (Å²) in [5.41, 5.74) is 0. The van der Waals surface area contributed by atoms with E-state index >= 15 is 0 Å². The average Bonchev–Trinajstić information content (AvgIpc) is 2.72. The van der Waals surface area contributed by atoms with Crippen LogP contribution in [0.2, 0.25) is 0 Å². The molecule has 0 amide bonds. The molecule has 30 heavy (non-hydrogen) atoms. The van der Waals surface area contributed by atoms with Crippen LogP contribution in [0.15, 0.2) is 0 Å². The minimum absolute atomic E-state index is 0.317. The number of carbonyl (C=O) groups is 2. The molecule has 0 spiro atoms. The Bertz CT molecular complexity index is 378. The van der Waals surface area contributed by atoms with E-state index in [0.29, 0.717) is 12.2 Å². The normalized spacial score (nSPS) is 11.1. The lowest BCUT2D eigenvalue weighted by Crippen LogP contribution is -1.97. The Hall–Kier alpha value is -0.860. The number of aliphatic carboxylic acids is 1. The maximum atomic E-state index is 12.0. The number of hydrogen-bond donors (Lipinski definition) is 1. The number of carboxylic acids is 1. The largest absolute Gasteiger partial charge is 0.481 e. The molecule has 0 unspecified atom stereocenters. The van der Waals surface area contributed by atoms with Crippen LogP contribution in [0.1, 0.15) is 161 Å². The summed E-state index contributed by atoms with van der Waals surface area (Å²) in [6.07, 6.45) is 28.3. The first kappa shape index (κ1) is 29.1. The van der Waals surface area contributed by atoms with Crippen LogP contribution < -0.4 is 0 Å². The molecule has 0 radical (unpaired) electrons. The molecule has 0 bridgehead atoms. The van der Waals surface area contributed by atoms with Gasteiger partial charge in [0, 0.05) is 19.3 Å². The molecule has 0 aromatic heterocycles. The van der Waals surface area contributed by atoms with Crippen LogP contribution in [-0.4, -0.2) is 16.9 Å². The zero-order valence-corrected chi connectivity index (χ0v) is 20.2. The predicted octanol–water partition coefficient (Wildman–Crippen LogP) is 9.02. The van der Waals surface area contributed by atoms with E-state index in [1.165, 1.54) is 109 Å². The van der Waals surface area contributed by atoms with Crippen molar-refractivity contribution < 1.29 is 14.7 Å². The Balaban J connectivity index is 3.16. The fraction of sp³-hybridized carbons (Fsp3) is 0.926. The van der Waals surface area contributed by atoms with Gasteiger partial charge in [-0.25, -0.2) is 0 Å². The van der Waals surface area contributed by atoms with E-state index in [1.807, 2.05) is 0 Å². The van der Waals surface area contributed by atoms with E-state index in [-0.39, 0.29) is 0 Å². The van der Waals surface area contributed by atoms with Crippen molar-refractivity contribution in [1.82, 2.24) is 0 Å². The van der Waals surface area contributed by atoms with Crippen LogP contribution in [0.4, 0.5) is 0 Å². The van der Waals surface area contributed by atoms with E-state index in [4.69, 9.17) is 5.11 Å². The highest BCUT2D eigenvalue weighted by molar-refractivity contribution is 5.78. The van der Waals surface area contributed by atoms with Crippen LogP contribution in [0.3, 0.4) is 0 Å². The predicted molar refractivity (Wildman–Crippen MR) is 129 cm³/mol. The molecule has 0 aliphatic carbocycles. The van der Waals surface area contributed by atoms with Gasteiger partial charge >= 0.3 is 5.97 Å². The zero-order chi connectivity index (χ0) is 22.1. The van der Waals surface area contributed by atoms with Crippen LogP contribution in [0.25, 0.3) is 0 Å². The van der Waals surface area contributed by atoms with Crippen molar-refractivity contribution in [2.45, 2.75) is 161 Å². The molecular weight excluding hydrogens is 372 g/mol. The average molecular weight is 425 g/mol. The first-order valence-electron chi connectivity index (χ1n) is 13.4. The van der Waals surface area contributed by atoms with Crippen molar-refractivity contribution in [3.05, 3.63) is 0 Å². The maximum Gasteiger partial charge on any atom is 0.303 e. The van der Waals surface area contributed by atoms with Crippen molar-refractivity contribution >= 4 is 11.8 Å². The van der Waals surface area contributed by atoms with Gasteiger partial charge in [0.25, 0.3) is 0 Å². The van der Waals surface area contributed by atoms with Gasteiger partial charge in [0.05, 0.1) is 0 Å². The first-order chi connectivity index (χ1) is 14.7. The molecule has 0 saturated heterocycles. The Labute approximate surface area is 187 Å². The highest BCUT2D eigenvalue weighted by Gasteiger charge is 2.02. The van der Waals surface area contributed by atoms with Crippen LogP contribution in [-0.2, 0) is 9.59 Å². The summed E-state index contributed by atoms with van der Waals surface area (Å²) in [7, 11) is 0. The summed E-state index contributed by atoms with van der Waals surface area (Å²) in [5.74, 6) is -0.195. The van der Waals surface area contributed by atoms with Crippen molar-refractivity contribution in [1.29, 1.82) is 0 Å². The second-order valence-corrected chi connectivity index (χ2v) is 9.25. The fourth-order valence-corrected chi connectivity index (χ4v) is 4.12. The van der Waals surface area contributed by atoms with E-state index in [1.54, 1.807) is 0 Å². The monoisotopic (exact) mass is 424 g/mol. The van der Waals surface area contributed by atoms with Crippen LogP contribution in [0.5, 0.6) is 0 Å². The lowest BCUT2D eigenvalue weighted by Gasteiger charge is -2.04. The minimum atomic E-state index is -0.674. The summed E-state index contributed by atoms with van der Waals surface area (Å²) in [5, 5.41) is 8.59. The number of Topliss-reactive ketones (excluding diaryl/α,β-unsaturated/α-hetero) is 1. The van der Waals surface area contributed by atoms with Crippen LogP contribution >= 0.6 is 0 Å². The number of carboxylic acid groups (broad SMARTS) is 1. The van der Waals surface area contributed by atoms with Crippen molar-refractivity contribution in [2.75, 3.05) is 0 Å². The summed E-state index contributed by atoms with van der Waals surface area (Å²) in [4.78, 5) is 22.4. The standard InChI is InChI=1S/C27H52O3/c1-2-3-4-5-6-7-8-11-14-17-20-23-26(28)24-21-18-15-12-9-10-13-16-19-22-25-27(29)30/h2-25H2,1H3,(H,29,30). The fourth-order valence-electron chi connectivity index (χ4n) is 4.12. The number of carbonyl (C=O) groups excluding carboxylic acids is 1. The van der Waals surface area contributed by atoms with Crippen molar-refractivity contribution in [3.63, 3.8) is 0 Å². The summed E-state index contributed by atoms with van der Waals surface area (Å²) in [6, 6.07) is 0. The first-order valence-corrected chi connectivity index (χ1v) is 13.4. The topological polar surface area (TPSA) is 54.4 Å². The van der Waals surface area contributed by atoms with Gasteiger partial charge in [-0.15, -0.1) is 0 Å². The Morgan fingerprint density at radius 3 is 1.00 bits per heavy atom. The van der Waals surface area contributed by atoms with Gasteiger partial charge in [-0.05, 0) is 19.3 Å². The summed E-state index contributed by atoms with van der Waals surface area (Å²) >= 11 is 0. The van der Waals surface area contributed by atoms with Gasteiger partial charge in [-0.2, -0.15) is 0 Å². The highest BCUT2D eigenvalue weighted by atomic mass is 16.4. The molecular formula is C27H52O3. The third-order valence-electron chi connectivity index (χ3n) is 6.16. The summed E-state index contributed by atoms with van der Waals surface area (Å²) < 4.78 is 0. The number of hydrogen-bond acceptors (Lipinski definition) is 2. The van der Waals surface area contributed by atoms with E-state index in [9.17, 15) is 9.59 Å². The van der Waals surface area contributed by atoms with Gasteiger partial charge in [0.1, 0.15) is 5.78 Å². The number of unbranched alkanes of at least 4 members (excludes halogenated alkanes) is 19. The quantitative estimate of drug-likeness (QED) is 0.149. The Kier molecular flexibility index (Phi) is 23.7. The highest BCUT2D eigenvalue weighted by Crippen LogP contribution is 2.14. The third kappa shape index (κ3) is 25.2. The van der Waals surface area contributed by atoms with Gasteiger partial charge in [-0.1, -0.05) is 122 Å². The van der Waals surface area contributed by atoms with E-state index in [0.717, 1.165) is 38.5 Å². The lowest BCUT2D eigenvalue weighted by atomic mass is 10.0. The molecule has 0 fully saturated rings. The molecule has 0 heterocycles. The van der Waals surface area contributed by atoms with Gasteiger partial charge in [-0.3, -0.25) is 9.59 Å². The van der Waals surface area contributed by atoms with Gasteiger partial charge in [0.15, 0.2) is 0 Å². The number of ketones is 1. The molecule has 0 aliphatic heterocycles. The Morgan fingerprint density at radius 1 is 0.433 bits per heavy atom. The summed E-state index contributed by atoms with van der Waals surface area (Å²) in [6.45, 7) is 2.27. The van der Waals surface area contributed by atoms with Crippen molar-refractivity contribution in [2.24, 2.45) is 0 Å². The van der Waals surface area contributed by atoms with E-state index < -0.39 is 5.97 Å². The molecule has 0 aromatic rings. The molecule has 0 saturated carbocycles. The van der Waals surface area contributed by atoms with Gasteiger partial charge in [0.2, 0.25) is 0 Å². The lowest BCUT2D eigenvalue weighted by molar-refractivity contribution is -0.137. The zero-order valence-electron chi connectivity index (χ0n) is 20.2. The molecule has 1 N–H and O–H groups in total. The molecule has 178 valence electrons. The molecule has 0 aromatic carbocycles. The smallest absolute Gasteiger partial charge is 0.303 e. The molecule has 3 heteroatoms. The molecule has 0 aliphatic rings. The minimum Gasteiger partial charge on any atom is -0.481 e. The molecule has 0 rings (SSSR count). The third-order valence-corrected chi connectivity index (χ3v) is 6.16.